The van der Waals surface area contributed by atoms with E-state index in [9.17, 15) is 0 Å². The monoisotopic (exact) mass is 323 g/mol. The molecule has 0 aliphatic heterocycles. The van der Waals surface area contributed by atoms with E-state index in [1.165, 1.54) is 17.5 Å². The summed E-state index contributed by atoms with van der Waals surface area (Å²) >= 11 is 1.81. The molecule has 4 rings (SSSR count). The van der Waals surface area contributed by atoms with Crippen LogP contribution in [0.3, 0.4) is 0 Å². The maximum atomic E-state index is 4.35. The van der Waals surface area contributed by atoms with Gasteiger partial charge < -0.3 is 4.57 Å². The van der Waals surface area contributed by atoms with Crippen molar-refractivity contribution in [1.82, 2.24) is 24.7 Å². The van der Waals surface area contributed by atoms with Crippen LogP contribution in [0.25, 0.3) is 11.5 Å². The summed E-state index contributed by atoms with van der Waals surface area (Å²) in [6, 6.07) is 8.73. The molecule has 0 saturated heterocycles. The SMILES string of the molecule is Cn1c(S[C@H]2CCc3ccccc3C2)nnc1-c1cnccn1. The quantitative estimate of drug-likeness (QED) is 0.742. The van der Waals surface area contributed by atoms with Crippen LogP contribution in [0.4, 0.5) is 0 Å². The van der Waals surface area contributed by atoms with Crippen molar-refractivity contribution in [2.45, 2.75) is 29.7 Å². The van der Waals surface area contributed by atoms with Gasteiger partial charge in [0.25, 0.3) is 0 Å². The van der Waals surface area contributed by atoms with E-state index in [4.69, 9.17) is 0 Å². The van der Waals surface area contributed by atoms with Crippen molar-refractivity contribution >= 4 is 11.8 Å². The highest BCUT2D eigenvalue weighted by molar-refractivity contribution is 7.99. The van der Waals surface area contributed by atoms with E-state index in [0.717, 1.165) is 29.5 Å². The molecule has 2 heterocycles. The van der Waals surface area contributed by atoms with Gasteiger partial charge in [0.1, 0.15) is 5.69 Å². The highest BCUT2D eigenvalue weighted by Crippen LogP contribution is 2.33. The van der Waals surface area contributed by atoms with E-state index in [1.54, 1.807) is 18.6 Å². The van der Waals surface area contributed by atoms with E-state index in [0.29, 0.717) is 5.25 Å². The number of hydrogen-bond donors (Lipinski definition) is 0. The van der Waals surface area contributed by atoms with E-state index < -0.39 is 0 Å². The highest BCUT2D eigenvalue weighted by Gasteiger charge is 2.22. The Bertz CT molecular complexity index is 815. The Morgan fingerprint density at radius 1 is 1.13 bits per heavy atom. The molecular weight excluding hydrogens is 306 g/mol. The lowest BCUT2D eigenvalue weighted by Gasteiger charge is -2.23. The Morgan fingerprint density at radius 2 is 2.00 bits per heavy atom. The summed E-state index contributed by atoms with van der Waals surface area (Å²) in [6.07, 6.45) is 8.46. The van der Waals surface area contributed by atoms with Crippen molar-refractivity contribution in [3.05, 3.63) is 54.0 Å². The maximum Gasteiger partial charge on any atom is 0.191 e. The molecule has 0 N–H and O–H groups in total. The average Bonchev–Trinajstić information content (AvgIpc) is 2.96. The fraction of sp³-hybridized carbons (Fsp3) is 0.294. The van der Waals surface area contributed by atoms with Gasteiger partial charge in [-0.05, 0) is 30.4 Å². The number of nitrogens with zero attached hydrogens (tertiary/aromatic N) is 5. The Balaban J connectivity index is 1.54. The number of aromatic nitrogens is 5. The van der Waals surface area contributed by atoms with Gasteiger partial charge in [0.2, 0.25) is 0 Å². The Hall–Kier alpha value is -2.21. The van der Waals surface area contributed by atoms with Gasteiger partial charge in [-0.25, -0.2) is 4.98 Å². The third-order valence-electron chi connectivity index (χ3n) is 4.20. The normalized spacial score (nSPS) is 17.0. The van der Waals surface area contributed by atoms with Crippen LogP contribution >= 0.6 is 11.8 Å². The Morgan fingerprint density at radius 3 is 2.83 bits per heavy atom. The van der Waals surface area contributed by atoms with Crippen LogP contribution < -0.4 is 0 Å². The molecule has 0 radical (unpaired) electrons. The summed E-state index contributed by atoms with van der Waals surface area (Å²) in [4.78, 5) is 8.41. The minimum absolute atomic E-state index is 0.544. The van der Waals surface area contributed by atoms with Gasteiger partial charge in [-0.2, -0.15) is 0 Å². The molecule has 0 amide bonds. The van der Waals surface area contributed by atoms with Gasteiger partial charge in [0, 0.05) is 24.7 Å². The van der Waals surface area contributed by atoms with Gasteiger partial charge in [-0.15, -0.1) is 10.2 Å². The molecule has 0 saturated carbocycles. The molecule has 0 fully saturated rings. The van der Waals surface area contributed by atoms with Gasteiger partial charge >= 0.3 is 0 Å². The molecule has 0 unspecified atom stereocenters. The molecule has 0 spiro atoms. The number of fused-ring (bicyclic) bond motifs is 1. The van der Waals surface area contributed by atoms with Gasteiger partial charge in [-0.3, -0.25) is 4.98 Å². The predicted octanol–water partition coefficient (Wildman–Crippen LogP) is 2.92. The number of rotatable bonds is 3. The standard InChI is InChI=1S/C17H17N5S/c1-22-16(15-11-18-8-9-19-15)20-21-17(22)23-14-7-6-12-4-2-3-5-13(12)10-14/h2-5,8-9,11,14H,6-7,10H2,1H3/t14-/m0/s1. The molecule has 1 aliphatic rings. The molecule has 5 nitrogen and oxygen atoms in total. The first kappa shape index (κ1) is 14.4. The molecule has 2 aromatic heterocycles. The van der Waals surface area contributed by atoms with Crippen LogP contribution in [0.1, 0.15) is 17.5 Å². The van der Waals surface area contributed by atoms with Crippen molar-refractivity contribution in [1.29, 1.82) is 0 Å². The van der Waals surface area contributed by atoms with Gasteiger partial charge in [0.15, 0.2) is 11.0 Å². The summed E-state index contributed by atoms with van der Waals surface area (Å²) in [7, 11) is 1.99. The molecular formula is C17H17N5S. The van der Waals surface area contributed by atoms with Crippen LogP contribution in [0, 0.1) is 0 Å². The lowest BCUT2D eigenvalue weighted by atomic mass is 9.92. The molecule has 23 heavy (non-hydrogen) atoms. The molecule has 6 heteroatoms. The Kier molecular flexibility index (Phi) is 3.83. The lowest BCUT2D eigenvalue weighted by Crippen LogP contribution is -2.16. The summed E-state index contributed by atoms with van der Waals surface area (Å²) in [5, 5.41) is 10.1. The second-order valence-electron chi connectivity index (χ2n) is 5.71. The molecule has 0 bridgehead atoms. The van der Waals surface area contributed by atoms with Crippen LogP contribution in [0.15, 0.2) is 48.0 Å². The van der Waals surface area contributed by atoms with E-state index in [-0.39, 0.29) is 0 Å². The first-order chi connectivity index (χ1) is 11.3. The minimum Gasteiger partial charge on any atom is -0.304 e. The second kappa shape index (κ2) is 6.12. The topological polar surface area (TPSA) is 56.5 Å². The lowest BCUT2D eigenvalue weighted by molar-refractivity contribution is 0.693. The summed E-state index contributed by atoms with van der Waals surface area (Å²) in [5.74, 6) is 0.761. The Labute approximate surface area is 139 Å². The predicted molar refractivity (Wildman–Crippen MR) is 90.1 cm³/mol. The van der Waals surface area contributed by atoms with Crippen molar-refractivity contribution in [2.24, 2.45) is 7.05 Å². The smallest absolute Gasteiger partial charge is 0.191 e. The fourth-order valence-corrected chi connectivity index (χ4v) is 4.10. The zero-order valence-corrected chi connectivity index (χ0v) is 13.7. The van der Waals surface area contributed by atoms with Crippen molar-refractivity contribution in [3.8, 4) is 11.5 Å². The number of aryl methyl sites for hydroxylation is 1. The van der Waals surface area contributed by atoms with Crippen molar-refractivity contribution in [3.63, 3.8) is 0 Å². The third-order valence-corrected chi connectivity index (χ3v) is 5.50. The maximum absolute atomic E-state index is 4.35. The second-order valence-corrected chi connectivity index (χ2v) is 6.97. The molecule has 1 atom stereocenters. The third kappa shape index (κ3) is 2.86. The average molecular weight is 323 g/mol. The molecule has 1 aromatic carbocycles. The summed E-state index contributed by atoms with van der Waals surface area (Å²) < 4.78 is 2.01. The minimum atomic E-state index is 0.544. The van der Waals surface area contributed by atoms with Crippen LogP contribution in [0.2, 0.25) is 0 Å². The zero-order valence-electron chi connectivity index (χ0n) is 12.9. The van der Waals surface area contributed by atoms with Crippen molar-refractivity contribution < 1.29 is 0 Å². The largest absolute Gasteiger partial charge is 0.304 e. The molecule has 1 aliphatic carbocycles. The first-order valence-electron chi connectivity index (χ1n) is 7.70. The number of benzene rings is 1. The van der Waals surface area contributed by atoms with Crippen LogP contribution in [-0.2, 0) is 19.9 Å². The summed E-state index contributed by atoms with van der Waals surface area (Å²) in [6.45, 7) is 0. The van der Waals surface area contributed by atoms with Crippen LogP contribution in [0.5, 0.6) is 0 Å². The van der Waals surface area contributed by atoms with Crippen LogP contribution in [-0.4, -0.2) is 30.0 Å². The fourth-order valence-electron chi connectivity index (χ4n) is 2.97. The highest BCUT2D eigenvalue weighted by atomic mass is 32.2. The number of hydrogen-bond acceptors (Lipinski definition) is 5. The molecule has 116 valence electrons. The van der Waals surface area contributed by atoms with E-state index in [1.807, 2.05) is 23.4 Å². The number of thioether (sulfide) groups is 1. The van der Waals surface area contributed by atoms with Gasteiger partial charge in [-0.1, -0.05) is 36.0 Å². The zero-order chi connectivity index (χ0) is 15.6. The van der Waals surface area contributed by atoms with E-state index in [2.05, 4.69) is 44.4 Å². The summed E-state index contributed by atoms with van der Waals surface area (Å²) in [5.41, 5.74) is 3.71. The van der Waals surface area contributed by atoms with Gasteiger partial charge in [0.05, 0.1) is 6.20 Å². The first-order valence-corrected chi connectivity index (χ1v) is 8.58. The molecule has 3 aromatic rings. The van der Waals surface area contributed by atoms with E-state index >= 15 is 0 Å². The van der Waals surface area contributed by atoms with Crippen molar-refractivity contribution in [2.75, 3.05) is 0 Å².